The molecule has 0 spiro atoms. The number of nitrogens with zero attached hydrogens (tertiary/aromatic N) is 4. The summed E-state index contributed by atoms with van der Waals surface area (Å²) in [4.78, 5) is 11.6. The van der Waals surface area contributed by atoms with Crippen molar-refractivity contribution in [1.82, 2.24) is 20.2 Å². The average molecular weight is 270 g/mol. The lowest BCUT2D eigenvalue weighted by atomic mass is 10.1. The fourth-order valence-electron chi connectivity index (χ4n) is 1.80. The minimum Gasteiger partial charge on any atom is -0.480 e. The normalized spacial score (nSPS) is 10.6. The van der Waals surface area contributed by atoms with E-state index in [1.54, 1.807) is 6.26 Å². The minimum absolute atomic E-state index is 0.315. The molecule has 0 atom stereocenters. The molecule has 0 fully saturated rings. The molecule has 7 heteroatoms. The summed E-state index contributed by atoms with van der Waals surface area (Å²) >= 11 is 0. The second kappa shape index (κ2) is 4.96. The molecule has 0 radical (unpaired) electrons. The molecule has 0 amide bonds. The van der Waals surface area contributed by atoms with Gasteiger partial charge in [-0.15, -0.1) is 10.2 Å². The van der Waals surface area contributed by atoms with Crippen LogP contribution >= 0.6 is 0 Å². The summed E-state index contributed by atoms with van der Waals surface area (Å²) in [5.74, 6) is 0.0997. The Morgan fingerprint density at radius 2 is 2.10 bits per heavy atom. The van der Waals surface area contributed by atoms with Gasteiger partial charge in [0.25, 0.3) is 0 Å². The second-order valence-corrected chi connectivity index (χ2v) is 4.10. The molecule has 1 aromatic carbocycles. The van der Waals surface area contributed by atoms with Gasteiger partial charge in [-0.2, -0.15) is 4.80 Å². The first-order valence-electron chi connectivity index (χ1n) is 5.86. The maximum absolute atomic E-state index is 10.6. The number of carboxylic acid groups (broad SMARTS) is 1. The van der Waals surface area contributed by atoms with Crippen LogP contribution in [0.25, 0.3) is 22.7 Å². The Kier molecular flexibility index (Phi) is 3.00. The van der Waals surface area contributed by atoms with E-state index in [2.05, 4.69) is 15.4 Å². The number of carboxylic acids is 1. The zero-order valence-corrected chi connectivity index (χ0v) is 10.3. The van der Waals surface area contributed by atoms with Crippen molar-refractivity contribution in [2.75, 3.05) is 0 Å². The molecule has 7 nitrogen and oxygen atoms in total. The summed E-state index contributed by atoms with van der Waals surface area (Å²) in [5, 5.41) is 20.2. The van der Waals surface area contributed by atoms with E-state index in [0.29, 0.717) is 5.82 Å². The summed E-state index contributed by atoms with van der Waals surface area (Å²) in [6.45, 7) is -0.315. The Labute approximate surface area is 113 Å². The lowest BCUT2D eigenvalue weighted by molar-refractivity contribution is -0.138. The molecular formula is C13H10N4O3. The van der Waals surface area contributed by atoms with Crippen LogP contribution in [0, 0.1) is 0 Å². The molecule has 2 heterocycles. The van der Waals surface area contributed by atoms with Crippen LogP contribution in [0.5, 0.6) is 0 Å². The van der Waals surface area contributed by atoms with Crippen LogP contribution in [-0.2, 0) is 11.3 Å². The lowest BCUT2D eigenvalue weighted by Gasteiger charge is -1.99. The van der Waals surface area contributed by atoms with Crippen LogP contribution < -0.4 is 0 Å². The van der Waals surface area contributed by atoms with E-state index in [4.69, 9.17) is 9.52 Å². The molecule has 0 aliphatic rings. The number of rotatable bonds is 4. The van der Waals surface area contributed by atoms with Crippen molar-refractivity contribution in [3.63, 3.8) is 0 Å². The SMILES string of the molecule is O=C(O)Cn1nnc(-c2cccc(-c3ccco3)c2)n1. The highest BCUT2D eigenvalue weighted by molar-refractivity contribution is 5.67. The first kappa shape index (κ1) is 12.1. The maximum Gasteiger partial charge on any atom is 0.327 e. The van der Waals surface area contributed by atoms with E-state index in [9.17, 15) is 4.79 Å². The molecule has 2 aromatic heterocycles. The zero-order chi connectivity index (χ0) is 13.9. The molecular weight excluding hydrogens is 260 g/mol. The number of aromatic nitrogens is 4. The van der Waals surface area contributed by atoms with E-state index in [1.807, 2.05) is 36.4 Å². The number of benzene rings is 1. The van der Waals surface area contributed by atoms with Crippen molar-refractivity contribution in [1.29, 1.82) is 0 Å². The largest absolute Gasteiger partial charge is 0.480 e. The highest BCUT2D eigenvalue weighted by Crippen LogP contribution is 2.24. The standard InChI is InChI=1S/C13H10N4O3/c18-12(19)8-17-15-13(14-16-17)10-4-1-3-9(7-10)11-5-2-6-20-11/h1-7H,8H2,(H,18,19). The highest BCUT2D eigenvalue weighted by Gasteiger charge is 2.09. The number of tetrazole rings is 1. The molecule has 0 aliphatic heterocycles. The van der Waals surface area contributed by atoms with Crippen LogP contribution in [0.15, 0.2) is 47.1 Å². The van der Waals surface area contributed by atoms with Gasteiger partial charge in [-0.25, -0.2) is 0 Å². The number of carbonyl (C=O) groups is 1. The Bertz CT molecular complexity index is 734. The van der Waals surface area contributed by atoms with Crippen LogP contribution in [0.2, 0.25) is 0 Å². The zero-order valence-electron chi connectivity index (χ0n) is 10.3. The van der Waals surface area contributed by atoms with Gasteiger partial charge in [-0.3, -0.25) is 4.79 Å². The van der Waals surface area contributed by atoms with Gasteiger partial charge in [0.15, 0.2) is 6.54 Å². The Morgan fingerprint density at radius 3 is 2.85 bits per heavy atom. The van der Waals surface area contributed by atoms with Crippen molar-refractivity contribution >= 4 is 5.97 Å². The maximum atomic E-state index is 10.6. The van der Waals surface area contributed by atoms with Gasteiger partial charge >= 0.3 is 5.97 Å². The van der Waals surface area contributed by atoms with Gasteiger partial charge in [0.1, 0.15) is 5.76 Å². The number of hydrogen-bond acceptors (Lipinski definition) is 5. The van der Waals surface area contributed by atoms with Crippen molar-refractivity contribution < 1.29 is 14.3 Å². The minimum atomic E-state index is -1.02. The second-order valence-electron chi connectivity index (χ2n) is 4.10. The van der Waals surface area contributed by atoms with Gasteiger partial charge in [0, 0.05) is 11.1 Å². The Hall–Kier alpha value is -2.96. The monoisotopic (exact) mass is 270 g/mol. The molecule has 3 rings (SSSR count). The predicted octanol–water partition coefficient (Wildman–Crippen LogP) is 1.68. The molecule has 0 aliphatic carbocycles. The highest BCUT2D eigenvalue weighted by atomic mass is 16.4. The molecule has 0 bridgehead atoms. The van der Waals surface area contributed by atoms with Crippen LogP contribution in [-0.4, -0.2) is 31.3 Å². The number of hydrogen-bond donors (Lipinski definition) is 1. The van der Waals surface area contributed by atoms with E-state index in [1.165, 1.54) is 0 Å². The average Bonchev–Trinajstić information content (AvgIpc) is 3.09. The van der Waals surface area contributed by atoms with Gasteiger partial charge in [0.05, 0.1) is 6.26 Å². The van der Waals surface area contributed by atoms with Crippen molar-refractivity contribution in [2.45, 2.75) is 6.54 Å². The third-order valence-corrected chi connectivity index (χ3v) is 2.66. The molecule has 100 valence electrons. The van der Waals surface area contributed by atoms with Crippen LogP contribution in [0.4, 0.5) is 0 Å². The van der Waals surface area contributed by atoms with Crippen molar-refractivity contribution in [2.24, 2.45) is 0 Å². The molecule has 0 saturated carbocycles. The molecule has 20 heavy (non-hydrogen) atoms. The van der Waals surface area contributed by atoms with Crippen molar-refractivity contribution in [3.8, 4) is 22.7 Å². The summed E-state index contributed by atoms with van der Waals surface area (Å²) in [6, 6.07) is 11.1. The van der Waals surface area contributed by atoms with Gasteiger partial charge in [0.2, 0.25) is 5.82 Å². The fraction of sp³-hybridized carbons (Fsp3) is 0.0769. The Balaban J connectivity index is 1.92. The molecule has 0 unspecified atom stereocenters. The number of aliphatic carboxylic acids is 1. The quantitative estimate of drug-likeness (QED) is 0.775. The summed E-state index contributed by atoms with van der Waals surface area (Å²) < 4.78 is 5.33. The van der Waals surface area contributed by atoms with Crippen LogP contribution in [0.1, 0.15) is 0 Å². The third-order valence-electron chi connectivity index (χ3n) is 2.66. The Morgan fingerprint density at radius 1 is 1.25 bits per heavy atom. The molecule has 3 aromatic rings. The van der Waals surface area contributed by atoms with E-state index >= 15 is 0 Å². The van der Waals surface area contributed by atoms with Crippen molar-refractivity contribution in [3.05, 3.63) is 42.7 Å². The number of furan rings is 1. The molecule has 1 N–H and O–H groups in total. The topological polar surface area (TPSA) is 94.0 Å². The summed E-state index contributed by atoms with van der Waals surface area (Å²) in [5.41, 5.74) is 1.64. The van der Waals surface area contributed by atoms with Crippen LogP contribution in [0.3, 0.4) is 0 Å². The third kappa shape index (κ3) is 2.41. The van der Waals surface area contributed by atoms with E-state index in [-0.39, 0.29) is 6.54 Å². The summed E-state index contributed by atoms with van der Waals surface area (Å²) in [7, 11) is 0. The molecule has 0 saturated heterocycles. The van der Waals surface area contributed by atoms with Gasteiger partial charge < -0.3 is 9.52 Å². The van der Waals surface area contributed by atoms with E-state index in [0.717, 1.165) is 21.7 Å². The first-order valence-corrected chi connectivity index (χ1v) is 5.86. The smallest absolute Gasteiger partial charge is 0.327 e. The lowest BCUT2D eigenvalue weighted by Crippen LogP contribution is -2.11. The first-order chi connectivity index (χ1) is 9.72. The van der Waals surface area contributed by atoms with Gasteiger partial charge in [-0.05, 0) is 23.4 Å². The van der Waals surface area contributed by atoms with E-state index < -0.39 is 5.97 Å². The predicted molar refractivity (Wildman–Crippen MR) is 68.6 cm³/mol. The summed E-state index contributed by atoms with van der Waals surface area (Å²) in [6.07, 6.45) is 1.60. The fourth-order valence-corrected chi connectivity index (χ4v) is 1.80. The van der Waals surface area contributed by atoms with Gasteiger partial charge in [-0.1, -0.05) is 18.2 Å².